The highest BCUT2D eigenvalue weighted by Gasteiger charge is 2.29. The molecule has 3 fully saturated rings. The zero-order chi connectivity index (χ0) is 17.8. The Hall–Kier alpha value is -0.910. The van der Waals surface area contributed by atoms with Crippen LogP contribution in [0.5, 0.6) is 0 Å². The highest BCUT2D eigenvalue weighted by atomic mass is 16.5. The van der Waals surface area contributed by atoms with Crippen molar-refractivity contribution in [2.24, 2.45) is 13.0 Å². The fourth-order valence-corrected chi connectivity index (χ4v) is 5.23. The van der Waals surface area contributed by atoms with Gasteiger partial charge in [-0.15, -0.1) is 0 Å². The second-order valence-electron chi connectivity index (χ2n) is 8.77. The second-order valence-corrected chi connectivity index (χ2v) is 8.77. The molecule has 0 amide bonds. The summed E-state index contributed by atoms with van der Waals surface area (Å²) in [5.41, 5.74) is 1.33. The van der Waals surface area contributed by atoms with Gasteiger partial charge in [0.2, 0.25) is 0 Å². The van der Waals surface area contributed by atoms with Crippen molar-refractivity contribution < 1.29 is 4.74 Å². The molecule has 0 N–H and O–H groups in total. The molecule has 0 unspecified atom stereocenters. The minimum absolute atomic E-state index is 0.435. The quantitative estimate of drug-likeness (QED) is 0.748. The summed E-state index contributed by atoms with van der Waals surface area (Å²) < 4.78 is 7.85. The third-order valence-electron chi connectivity index (χ3n) is 6.66. The number of hydrogen-bond acceptors (Lipinski definition) is 4. The predicted molar refractivity (Wildman–Crippen MR) is 104 cm³/mol. The molecule has 0 spiro atoms. The molecular weight excluding hydrogens is 324 g/mol. The number of likely N-dealkylation sites (tertiary alicyclic amines) is 1. The van der Waals surface area contributed by atoms with Crippen LogP contribution < -0.4 is 0 Å². The molecule has 146 valence electrons. The molecule has 0 aromatic carbocycles. The number of piperidine rings is 1. The van der Waals surface area contributed by atoms with Gasteiger partial charge in [0.25, 0.3) is 0 Å². The summed E-state index contributed by atoms with van der Waals surface area (Å²) in [6.45, 7) is 6.89. The minimum Gasteiger partial charge on any atom is -0.377 e. The average Bonchev–Trinajstić information content (AvgIpc) is 3.39. The lowest BCUT2D eigenvalue weighted by Gasteiger charge is -2.38. The van der Waals surface area contributed by atoms with Crippen molar-refractivity contribution in [3.8, 4) is 0 Å². The number of ether oxygens (including phenoxy) is 1. The van der Waals surface area contributed by atoms with Gasteiger partial charge in [-0.3, -0.25) is 9.58 Å². The SMILES string of the molecule is Cn1cc(CN(CC2CCN(C3CCCC3)CC2)C[C@@H]2CCCO2)cn1. The first kappa shape index (κ1) is 18.5. The molecule has 1 saturated carbocycles. The normalized spacial score (nSPS) is 26.3. The van der Waals surface area contributed by atoms with Gasteiger partial charge < -0.3 is 9.64 Å². The van der Waals surface area contributed by atoms with Crippen molar-refractivity contribution in [2.75, 3.05) is 32.8 Å². The van der Waals surface area contributed by atoms with Crippen LogP contribution in [-0.2, 0) is 18.3 Å². The van der Waals surface area contributed by atoms with Crippen molar-refractivity contribution in [3.05, 3.63) is 18.0 Å². The molecule has 4 rings (SSSR count). The fraction of sp³-hybridized carbons (Fsp3) is 0.857. The summed E-state index contributed by atoms with van der Waals surface area (Å²) in [6, 6.07) is 0.898. The van der Waals surface area contributed by atoms with Crippen molar-refractivity contribution in [1.29, 1.82) is 0 Å². The van der Waals surface area contributed by atoms with E-state index in [4.69, 9.17) is 4.74 Å². The Bertz CT molecular complexity index is 540. The Morgan fingerprint density at radius 1 is 1.08 bits per heavy atom. The maximum absolute atomic E-state index is 5.93. The number of aryl methyl sites for hydroxylation is 1. The largest absolute Gasteiger partial charge is 0.377 e. The monoisotopic (exact) mass is 360 g/mol. The summed E-state index contributed by atoms with van der Waals surface area (Å²) in [6.07, 6.45) is 15.6. The standard InChI is InChI=1S/C21H36N4O/c1-23-14-19(13-22-23)16-24(17-21-7-4-12-26-21)15-18-8-10-25(11-9-18)20-5-2-3-6-20/h13-14,18,20-21H,2-12,15-17H2,1H3/t21-/m0/s1. The van der Waals surface area contributed by atoms with Crippen LogP contribution in [0.2, 0.25) is 0 Å². The highest BCUT2D eigenvalue weighted by Crippen LogP contribution is 2.28. The molecule has 0 radical (unpaired) electrons. The lowest BCUT2D eigenvalue weighted by Crippen LogP contribution is -2.43. The van der Waals surface area contributed by atoms with Crippen LogP contribution in [0.25, 0.3) is 0 Å². The smallest absolute Gasteiger partial charge is 0.0702 e. The van der Waals surface area contributed by atoms with Crippen LogP contribution in [0.15, 0.2) is 12.4 Å². The molecule has 2 saturated heterocycles. The number of hydrogen-bond donors (Lipinski definition) is 0. The molecule has 2 aliphatic heterocycles. The van der Waals surface area contributed by atoms with Crippen LogP contribution in [0.1, 0.15) is 56.9 Å². The van der Waals surface area contributed by atoms with Crippen molar-refractivity contribution in [1.82, 2.24) is 19.6 Å². The molecule has 1 aromatic rings. The Labute approximate surface area is 158 Å². The van der Waals surface area contributed by atoms with Gasteiger partial charge in [-0.05, 0) is 57.5 Å². The molecule has 5 nitrogen and oxygen atoms in total. The summed E-state index contributed by atoms with van der Waals surface area (Å²) >= 11 is 0. The summed E-state index contributed by atoms with van der Waals surface area (Å²) in [5.74, 6) is 0.839. The molecule has 26 heavy (non-hydrogen) atoms. The number of aromatic nitrogens is 2. The molecule has 3 aliphatic rings. The van der Waals surface area contributed by atoms with E-state index in [1.807, 2.05) is 17.9 Å². The van der Waals surface area contributed by atoms with Crippen LogP contribution in [0.4, 0.5) is 0 Å². The molecule has 0 bridgehead atoms. The molecule has 5 heteroatoms. The maximum Gasteiger partial charge on any atom is 0.0702 e. The van der Waals surface area contributed by atoms with E-state index in [0.29, 0.717) is 6.10 Å². The van der Waals surface area contributed by atoms with Crippen molar-refractivity contribution in [2.45, 2.75) is 70.1 Å². The first-order valence-corrected chi connectivity index (χ1v) is 10.8. The first-order chi connectivity index (χ1) is 12.8. The van der Waals surface area contributed by atoms with Gasteiger partial charge >= 0.3 is 0 Å². The van der Waals surface area contributed by atoms with Crippen LogP contribution in [0, 0.1) is 5.92 Å². The summed E-state index contributed by atoms with van der Waals surface area (Å²) in [7, 11) is 2.01. The van der Waals surface area contributed by atoms with Crippen LogP contribution in [0.3, 0.4) is 0 Å². The van der Waals surface area contributed by atoms with Crippen molar-refractivity contribution in [3.63, 3.8) is 0 Å². The molecule has 1 aliphatic carbocycles. The highest BCUT2D eigenvalue weighted by molar-refractivity contribution is 5.03. The predicted octanol–water partition coefficient (Wildman–Crippen LogP) is 3.06. The molecule has 1 aromatic heterocycles. The van der Waals surface area contributed by atoms with E-state index in [2.05, 4.69) is 21.1 Å². The Morgan fingerprint density at radius 2 is 1.88 bits per heavy atom. The number of nitrogens with zero attached hydrogens (tertiary/aromatic N) is 4. The Kier molecular flexibility index (Phi) is 6.28. The lowest BCUT2D eigenvalue weighted by molar-refractivity contribution is 0.0540. The molecule has 3 heterocycles. The third kappa shape index (κ3) is 4.87. The van der Waals surface area contributed by atoms with Crippen LogP contribution >= 0.6 is 0 Å². The van der Waals surface area contributed by atoms with Gasteiger partial charge in [0, 0.05) is 51.1 Å². The Morgan fingerprint density at radius 3 is 2.54 bits per heavy atom. The van der Waals surface area contributed by atoms with E-state index in [-0.39, 0.29) is 0 Å². The van der Waals surface area contributed by atoms with Gasteiger partial charge in [0.15, 0.2) is 0 Å². The third-order valence-corrected chi connectivity index (χ3v) is 6.66. The first-order valence-electron chi connectivity index (χ1n) is 10.8. The summed E-state index contributed by atoms with van der Waals surface area (Å²) in [5, 5.41) is 4.35. The van der Waals surface area contributed by atoms with Gasteiger partial charge in [-0.25, -0.2) is 0 Å². The van der Waals surface area contributed by atoms with Crippen LogP contribution in [-0.4, -0.2) is 64.5 Å². The van der Waals surface area contributed by atoms with Gasteiger partial charge in [0.05, 0.1) is 12.3 Å². The van der Waals surface area contributed by atoms with E-state index < -0.39 is 0 Å². The van der Waals surface area contributed by atoms with E-state index in [1.165, 1.54) is 76.6 Å². The van der Waals surface area contributed by atoms with Crippen molar-refractivity contribution >= 4 is 0 Å². The summed E-state index contributed by atoms with van der Waals surface area (Å²) in [4.78, 5) is 5.43. The topological polar surface area (TPSA) is 33.5 Å². The Balaban J connectivity index is 1.30. The van der Waals surface area contributed by atoms with E-state index in [0.717, 1.165) is 31.7 Å². The number of rotatable bonds is 7. The van der Waals surface area contributed by atoms with E-state index in [1.54, 1.807) is 0 Å². The fourth-order valence-electron chi connectivity index (χ4n) is 5.23. The maximum atomic E-state index is 5.93. The molecule has 1 atom stereocenters. The van der Waals surface area contributed by atoms with E-state index >= 15 is 0 Å². The van der Waals surface area contributed by atoms with Gasteiger partial charge in [0.1, 0.15) is 0 Å². The minimum atomic E-state index is 0.435. The zero-order valence-corrected chi connectivity index (χ0v) is 16.5. The van der Waals surface area contributed by atoms with Gasteiger partial charge in [-0.2, -0.15) is 5.10 Å². The van der Waals surface area contributed by atoms with Gasteiger partial charge in [-0.1, -0.05) is 12.8 Å². The zero-order valence-electron chi connectivity index (χ0n) is 16.5. The molecular formula is C21H36N4O. The average molecular weight is 361 g/mol. The van der Waals surface area contributed by atoms with E-state index in [9.17, 15) is 0 Å². The lowest BCUT2D eigenvalue weighted by atomic mass is 9.94. The second kappa shape index (κ2) is 8.85.